The Balaban J connectivity index is 2.01. The molecule has 0 saturated heterocycles. The SMILES string of the molecule is C=Cc1cc(C2CC2)cc(C2CC2)c1. The van der Waals surface area contributed by atoms with Gasteiger partial charge in [-0.15, -0.1) is 0 Å². The molecule has 2 aliphatic rings. The maximum atomic E-state index is 3.87. The molecule has 0 unspecified atom stereocenters. The van der Waals surface area contributed by atoms with Crippen LogP contribution in [0.4, 0.5) is 0 Å². The zero-order valence-corrected chi connectivity index (χ0v) is 8.50. The first-order chi connectivity index (χ1) is 6.86. The quantitative estimate of drug-likeness (QED) is 0.664. The summed E-state index contributed by atoms with van der Waals surface area (Å²) in [7, 11) is 0. The molecule has 0 aromatic heterocycles. The van der Waals surface area contributed by atoms with Gasteiger partial charge in [0.2, 0.25) is 0 Å². The Morgan fingerprint density at radius 2 is 1.43 bits per heavy atom. The third kappa shape index (κ3) is 1.50. The van der Waals surface area contributed by atoms with E-state index >= 15 is 0 Å². The van der Waals surface area contributed by atoms with Crippen LogP contribution in [0.5, 0.6) is 0 Å². The lowest BCUT2D eigenvalue weighted by Gasteiger charge is -2.05. The second kappa shape index (κ2) is 2.98. The fourth-order valence-corrected chi connectivity index (χ4v) is 2.12. The molecule has 2 saturated carbocycles. The van der Waals surface area contributed by atoms with Gasteiger partial charge in [0.25, 0.3) is 0 Å². The third-order valence-corrected chi connectivity index (χ3v) is 3.33. The Hall–Kier alpha value is -1.04. The highest BCUT2D eigenvalue weighted by atomic mass is 14.3. The van der Waals surface area contributed by atoms with Crippen molar-refractivity contribution in [1.29, 1.82) is 0 Å². The second-order valence-electron chi connectivity index (χ2n) is 4.69. The van der Waals surface area contributed by atoms with Crippen molar-refractivity contribution in [3.8, 4) is 0 Å². The van der Waals surface area contributed by atoms with Crippen molar-refractivity contribution in [3.05, 3.63) is 41.5 Å². The molecule has 2 fully saturated rings. The van der Waals surface area contributed by atoms with E-state index in [4.69, 9.17) is 0 Å². The summed E-state index contributed by atoms with van der Waals surface area (Å²) in [5.41, 5.74) is 4.44. The average molecular weight is 184 g/mol. The normalized spacial score (nSPS) is 20.9. The van der Waals surface area contributed by atoms with Gasteiger partial charge in [-0.3, -0.25) is 0 Å². The summed E-state index contributed by atoms with van der Waals surface area (Å²) >= 11 is 0. The molecular weight excluding hydrogens is 168 g/mol. The van der Waals surface area contributed by atoms with Crippen LogP contribution in [0.15, 0.2) is 24.8 Å². The Labute approximate surface area is 85.6 Å². The summed E-state index contributed by atoms with van der Waals surface area (Å²) in [5.74, 6) is 1.74. The van der Waals surface area contributed by atoms with Crippen molar-refractivity contribution < 1.29 is 0 Å². The molecular formula is C14H16. The lowest BCUT2D eigenvalue weighted by atomic mass is 10.00. The van der Waals surface area contributed by atoms with E-state index in [0.717, 1.165) is 11.8 Å². The first-order valence-corrected chi connectivity index (χ1v) is 5.64. The smallest absolute Gasteiger partial charge is 0.0161 e. The van der Waals surface area contributed by atoms with Crippen molar-refractivity contribution >= 4 is 6.08 Å². The van der Waals surface area contributed by atoms with Crippen LogP contribution >= 0.6 is 0 Å². The maximum absolute atomic E-state index is 3.87. The van der Waals surface area contributed by atoms with Crippen LogP contribution in [0.25, 0.3) is 6.08 Å². The molecule has 0 aliphatic heterocycles. The molecule has 0 atom stereocenters. The van der Waals surface area contributed by atoms with Crippen molar-refractivity contribution in [3.63, 3.8) is 0 Å². The summed E-state index contributed by atoms with van der Waals surface area (Å²) in [6.07, 6.45) is 7.56. The summed E-state index contributed by atoms with van der Waals surface area (Å²) in [6, 6.07) is 7.06. The summed E-state index contributed by atoms with van der Waals surface area (Å²) in [4.78, 5) is 0. The van der Waals surface area contributed by atoms with Gasteiger partial charge in [0, 0.05) is 0 Å². The van der Waals surface area contributed by atoms with Crippen LogP contribution in [0.1, 0.15) is 54.2 Å². The molecule has 0 heterocycles. The van der Waals surface area contributed by atoms with Crippen LogP contribution < -0.4 is 0 Å². The minimum atomic E-state index is 0.868. The summed E-state index contributed by atoms with van der Waals surface area (Å²) < 4.78 is 0. The molecule has 0 radical (unpaired) electrons. The van der Waals surface area contributed by atoms with Crippen LogP contribution in [0.2, 0.25) is 0 Å². The highest BCUT2D eigenvalue weighted by Crippen LogP contribution is 2.45. The molecule has 0 amide bonds. The van der Waals surface area contributed by atoms with E-state index in [0.29, 0.717) is 0 Å². The van der Waals surface area contributed by atoms with Crippen molar-refractivity contribution in [2.24, 2.45) is 0 Å². The van der Waals surface area contributed by atoms with Crippen molar-refractivity contribution in [2.45, 2.75) is 37.5 Å². The van der Waals surface area contributed by atoms with E-state index < -0.39 is 0 Å². The molecule has 0 N–H and O–H groups in total. The van der Waals surface area contributed by atoms with E-state index in [2.05, 4.69) is 24.8 Å². The number of hydrogen-bond donors (Lipinski definition) is 0. The van der Waals surface area contributed by atoms with E-state index in [1.165, 1.54) is 31.2 Å². The summed E-state index contributed by atoms with van der Waals surface area (Å²) in [6.45, 7) is 3.87. The zero-order valence-electron chi connectivity index (χ0n) is 8.50. The number of hydrogen-bond acceptors (Lipinski definition) is 0. The minimum absolute atomic E-state index is 0.868. The van der Waals surface area contributed by atoms with Crippen molar-refractivity contribution in [2.75, 3.05) is 0 Å². The Bertz CT molecular complexity index is 337. The third-order valence-electron chi connectivity index (χ3n) is 3.33. The predicted molar refractivity (Wildman–Crippen MR) is 60.5 cm³/mol. The highest BCUT2D eigenvalue weighted by Gasteiger charge is 2.28. The van der Waals surface area contributed by atoms with Gasteiger partial charge in [0.1, 0.15) is 0 Å². The van der Waals surface area contributed by atoms with E-state index in [1.807, 2.05) is 6.08 Å². The van der Waals surface area contributed by atoms with E-state index in [1.54, 1.807) is 11.1 Å². The van der Waals surface area contributed by atoms with Crippen LogP contribution in [-0.4, -0.2) is 0 Å². The lowest BCUT2D eigenvalue weighted by molar-refractivity contribution is 1.07. The van der Waals surface area contributed by atoms with Crippen molar-refractivity contribution in [1.82, 2.24) is 0 Å². The Kier molecular flexibility index (Phi) is 1.76. The first-order valence-electron chi connectivity index (χ1n) is 5.64. The molecule has 14 heavy (non-hydrogen) atoms. The molecule has 3 rings (SSSR count). The van der Waals surface area contributed by atoms with Gasteiger partial charge >= 0.3 is 0 Å². The molecule has 0 spiro atoms. The second-order valence-corrected chi connectivity index (χ2v) is 4.69. The van der Waals surface area contributed by atoms with Crippen LogP contribution in [0.3, 0.4) is 0 Å². The van der Waals surface area contributed by atoms with E-state index in [-0.39, 0.29) is 0 Å². The monoisotopic (exact) mass is 184 g/mol. The van der Waals surface area contributed by atoms with Gasteiger partial charge in [-0.2, -0.15) is 0 Å². The molecule has 1 aromatic rings. The molecule has 2 aliphatic carbocycles. The molecule has 1 aromatic carbocycles. The Morgan fingerprint density at radius 1 is 0.929 bits per heavy atom. The lowest BCUT2D eigenvalue weighted by Crippen LogP contribution is -1.87. The number of rotatable bonds is 3. The molecule has 72 valence electrons. The molecule has 0 bridgehead atoms. The standard InChI is InChI=1S/C14H16/c1-2-10-7-13(11-3-4-11)9-14(8-10)12-5-6-12/h2,7-9,11-12H,1,3-6H2. The highest BCUT2D eigenvalue weighted by molar-refractivity contribution is 5.52. The predicted octanol–water partition coefficient (Wildman–Crippen LogP) is 4.08. The number of benzene rings is 1. The topological polar surface area (TPSA) is 0 Å². The van der Waals surface area contributed by atoms with Gasteiger partial charge in [-0.25, -0.2) is 0 Å². The van der Waals surface area contributed by atoms with Crippen LogP contribution in [-0.2, 0) is 0 Å². The average Bonchev–Trinajstić information content (AvgIpc) is 3.07. The maximum Gasteiger partial charge on any atom is -0.0161 e. The fraction of sp³-hybridized carbons (Fsp3) is 0.429. The molecule has 0 heteroatoms. The zero-order chi connectivity index (χ0) is 9.54. The van der Waals surface area contributed by atoms with Gasteiger partial charge in [0.05, 0.1) is 0 Å². The van der Waals surface area contributed by atoms with Gasteiger partial charge in [-0.05, 0) is 54.2 Å². The van der Waals surface area contributed by atoms with Gasteiger partial charge in [0.15, 0.2) is 0 Å². The minimum Gasteiger partial charge on any atom is -0.0985 e. The Morgan fingerprint density at radius 3 is 1.79 bits per heavy atom. The molecule has 0 nitrogen and oxygen atoms in total. The van der Waals surface area contributed by atoms with Gasteiger partial charge < -0.3 is 0 Å². The van der Waals surface area contributed by atoms with Crippen LogP contribution in [0, 0.1) is 0 Å². The van der Waals surface area contributed by atoms with Gasteiger partial charge in [-0.1, -0.05) is 30.9 Å². The van der Waals surface area contributed by atoms with E-state index in [9.17, 15) is 0 Å². The first kappa shape index (κ1) is 8.28. The largest absolute Gasteiger partial charge is 0.0985 e. The summed E-state index contributed by atoms with van der Waals surface area (Å²) in [5, 5.41) is 0. The fourth-order valence-electron chi connectivity index (χ4n) is 2.12.